The van der Waals surface area contributed by atoms with Gasteiger partial charge in [-0.3, -0.25) is 19.8 Å². The Morgan fingerprint density at radius 2 is 1.89 bits per heavy atom. The van der Waals surface area contributed by atoms with Crippen molar-refractivity contribution in [3.05, 3.63) is 87.0 Å². The minimum absolute atomic E-state index is 0.0420. The lowest BCUT2D eigenvalue weighted by Crippen LogP contribution is -2.44. The molecule has 8 heteroatoms. The molecule has 1 aromatic heterocycles. The van der Waals surface area contributed by atoms with E-state index in [1.807, 2.05) is 54.3 Å². The average molecular weight is 502 g/mol. The zero-order chi connectivity index (χ0) is 25.2. The van der Waals surface area contributed by atoms with Crippen LogP contribution in [0.3, 0.4) is 0 Å². The second-order valence-electron chi connectivity index (χ2n) is 9.30. The Morgan fingerprint density at radius 3 is 2.61 bits per heavy atom. The molecular formula is C28H27N3O4S. The van der Waals surface area contributed by atoms with Gasteiger partial charge in [-0.15, -0.1) is 0 Å². The van der Waals surface area contributed by atoms with E-state index in [9.17, 15) is 14.9 Å². The number of amides is 1. The van der Waals surface area contributed by atoms with Crippen molar-refractivity contribution in [1.29, 1.82) is 0 Å². The van der Waals surface area contributed by atoms with Crippen LogP contribution in [-0.2, 0) is 4.79 Å². The molecule has 2 atom stereocenters. The predicted octanol–water partition coefficient (Wildman–Crippen LogP) is 7.35. The first-order valence-corrected chi connectivity index (χ1v) is 12.9. The Kier molecular flexibility index (Phi) is 6.78. The highest BCUT2D eigenvalue weighted by Gasteiger charge is 2.41. The zero-order valence-electron chi connectivity index (χ0n) is 20.2. The van der Waals surface area contributed by atoms with Crippen LogP contribution in [0.2, 0.25) is 0 Å². The van der Waals surface area contributed by atoms with Crippen molar-refractivity contribution in [2.75, 3.05) is 0 Å². The number of thioether (sulfide) groups is 1. The van der Waals surface area contributed by atoms with Crippen molar-refractivity contribution in [3.8, 4) is 11.3 Å². The number of para-hydroxylation sites is 1. The van der Waals surface area contributed by atoms with Crippen molar-refractivity contribution in [2.24, 2.45) is 10.9 Å². The molecule has 36 heavy (non-hydrogen) atoms. The van der Waals surface area contributed by atoms with Crippen LogP contribution < -0.4 is 0 Å². The molecule has 2 aliphatic rings. The third kappa shape index (κ3) is 4.86. The summed E-state index contributed by atoms with van der Waals surface area (Å²) in [7, 11) is 0. The highest BCUT2D eigenvalue weighted by molar-refractivity contribution is 8.18. The number of aliphatic imine (C=N–C) groups is 1. The summed E-state index contributed by atoms with van der Waals surface area (Å²) in [6.45, 7) is 4.03. The molecule has 2 aromatic carbocycles. The second-order valence-corrected chi connectivity index (χ2v) is 10.3. The standard InChI is InChI=1S/C28H27N3O4S/c1-18-8-6-7-11-24(18)30-27(32)26(36-28(30)29-20-9-4-3-5-10-20)17-22-13-15-25(35-22)23-14-12-21(31(33)34)16-19(23)2/h3-5,9-10,12-18,24H,6-8,11H2,1-2H3/b26-17-,29-28?/t18-,24+/m0/s1. The number of carbonyl (C=O) groups excluding carboxylic acids is 1. The number of carbonyl (C=O) groups is 1. The van der Waals surface area contributed by atoms with Crippen LogP contribution in [0.5, 0.6) is 0 Å². The monoisotopic (exact) mass is 501 g/mol. The molecular weight excluding hydrogens is 474 g/mol. The van der Waals surface area contributed by atoms with Crippen molar-refractivity contribution in [2.45, 2.75) is 45.6 Å². The third-order valence-electron chi connectivity index (χ3n) is 6.80. The smallest absolute Gasteiger partial charge is 0.269 e. The van der Waals surface area contributed by atoms with E-state index in [-0.39, 0.29) is 17.6 Å². The molecule has 1 saturated heterocycles. The zero-order valence-corrected chi connectivity index (χ0v) is 21.0. The summed E-state index contributed by atoms with van der Waals surface area (Å²) in [5.74, 6) is 1.51. The van der Waals surface area contributed by atoms with Crippen LogP contribution in [0.25, 0.3) is 17.4 Å². The van der Waals surface area contributed by atoms with Gasteiger partial charge >= 0.3 is 0 Å². The van der Waals surface area contributed by atoms with Crippen molar-refractivity contribution in [1.82, 2.24) is 4.90 Å². The lowest BCUT2D eigenvalue weighted by molar-refractivity contribution is -0.384. The largest absolute Gasteiger partial charge is 0.457 e. The maximum absolute atomic E-state index is 13.6. The minimum atomic E-state index is -0.412. The Balaban J connectivity index is 1.46. The molecule has 1 saturated carbocycles. The van der Waals surface area contributed by atoms with Gasteiger partial charge in [-0.1, -0.05) is 38.0 Å². The Morgan fingerprint density at radius 1 is 1.11 bits per heavy atom. The molecule has 7 nitrogen and oxygen atoms in total. The number of nitrogens with zero attached hydrogens (tertiary/aromatic N) is 3. The minimum Gasteiger partial charge on any atom is -0.457 e. The van der Waals surface area contributed by atoms with Crippen LogP contribution in [-0.4, -0.2) is 26.9 Å². The van der Waals surface area contributed by atoms with Gasteiger partial charge in [0.05, 0.1) is 15.5 Å². The van der Waals surface area contributed by atoms with E-state index in [2.05, 4.69) is 6.92 Å². The van der Waals surface area contributed by atoms with Gasteiger partial charge < -0.3 is 4.42 Å². The molecule has 1 aliphatic carbocycles. The number of rotatable bonds is 5. The van der Waals surface area contributed by atoms with Gasteiger partial charge in [0.2, 0.25) is 0 Å². The molecule has 2 fully saturated rings. The fourth-order valence-corrected chi connectivity index (χ4v) is 5.92. The van der Waals surface area contributed by atoms with E-state index >= 15 is 0 Å². The molecule has 0 unspecified atom stereocenters. The van der Waals surface area contributed by atoms with Gasteiger partial charge in [0.1, 0.15) is 11.5 Å². The number of aryl methyl sites for hydroxylation is 1. The molecule has 1 aliphatic heterocycles. The predicted molar refractivity (Wildman–Crippen MR) is 143 cm³/mol. The fourth-order valence-electron chi connectivity index (χ4n) is 4.89. The molecule has 0 bridgehead atoms. The van der Waals surface area contributed by atoms with Crippen molar-refractivity contribution in [3.63, 3.8) is 0 Å². The van der Waals surface area contributed by atoms with Gasteiger partial charge in [-0.25, -0.2) is 4.99 Å². The van der Waals surface area contributed by atoms with E-state index in [0.717, 1.165) is 36.1 Å². The number of hydrogen-bond donors (Lipinski definition) is 0. The molecule has 0 N–H and O–H groups in total. The molecule has 0 spiro atoms. The Bertz CT molecular complexity index is 1360. The summed E-state index contributed by atoms with van der Waals surface area (Å²) in [5.41, 5.74) is 2.38. The number of non-ortho nitro benzene ring substituents is 1. The summed E-state index contributed by atoms with van der Waals surface area (Å²) in [6, 6.07) is 18.2. The summed E-state index contributed by atoms with van der Waals surface area (Å²) in [6.07, 6.45) is 6.15. The fraction of sp³-hybridized carbons (Fsp3) is 0.286. The number of hydrogen-bond acceptors (Lipinski definition) is 6. The molecule has 184 valence electrons. The van der Waals surface area contributed by atoms with Gasteiger partial charge in [0.25, 0.3) is 11.6 Å². The Labute approximate surface area is 214 Å². The quantitative estimate of drug-likeness (QED) is 0.207. The highest BCUT2D eigenvalue weighted by Crippen LogP contribution is 2.40. The normalized spacial score (nSPS) is 22.5. The second kappa shape index (κ2) is 10.1. The summed E-state index contributed by atoms with van der Waals surface area (Å²) in [5, 5.41) is 11.8. The molecule has 2 heterocycles. The van der Waals surface area contributed by atoms with E-state index in [4.69, 9.17) is 9.41 Å². The molecule has 0 radical (unpaired) electrons. The number of amidine groups is 1. The first-order valence-electron chi connectivity index (χ1n) is 12.1. The van der Waals surface area contributed by atoms with Crippen LogP contribution in [0, 0.1) is 23.0 Å². The summed E-state index contributed by atoms with van der Waals surface area (Å²) >= 11 is 1.38. The van der Waals surface area contributed by atoms with Gasteiger partial charge in [-0.05, 0) is 73.3 Å². The lowest BCUT2D eigenvalue weighted by atomic mass is 9.85. The maximum atomic E-state index is 13.6. The SMILES string of the molecule is Cc1cc([N+](=O)[O-])ccc1-c1ccc(/C=C2\SC(=Nc3ccccc3)N([C@@H]3CCCC[C@@H]3C)C2=O)o1. The number of nitro groups is 1. The maximum Gasteiger partial charge on any atom is 0.269 e. The molecule has 5 rings (SSSR count). The van der Waals surface area contributed by atoms with Gasteiger partial charge in [0.15, 0.2) is 5.17 Å². The van der Waals surface area contributed by atoms with Crippen LogP contribution in [0.1, 0.15) is 43.9 Å². The van der Waals surface area contributed by atoms with Gasteiger partial charge in [0, 0.05) is 29.8 Å². The van der Waals surface area contributed by atoms with Crippen molar-refractivity contribution >= 4 is 40.3 Å². The van der Waals surface area contributed by atoms with E-state index in [0.29, 0.717) is 27.5 Å². The first-order chi connectivity index (χ1) is 17.4. The highest BCUT2D eigenvalue weighted by atomic mass is 32.2. The van der Waals surface area contributed by atoms with Crippen LogP contribution in [0.4, 0.5) is 11.4 Å². The average Bonchev–Trinajstić information content (AvgIpc) is 3.44. The molecule has 1 amide bonds. The lowest BCUT2D eigenvalue weighted by Gasteiger charge is -2.35. The third-order valence-corrected chi connectivity index (χ3v) is 7.79. The number of benzene rings is 2. The number of furan rings is 1. The topological polar surface area (TPSA) is 89.0 Å². The first kappa shape index (κ1) is 24.1. The van der Waals surface area contributed by atoms with Crippen LogP contribution >= 0.6 is 11.8 Å². The summed E-state index contributed by atoms with van der Waals surface area (Å²) < 4.78 is 6.05. The van der Waals surface area contributed by atoms with Crippen LogP contribution in [0.15, 0.2) is 75.0 Å². The van der Waals surface area contributed by atoms with E-state index < -0.39 is 4.92 Å². The summed E-state index contributed by atoms with van der Waals surface area (Å²) in [4.78, 5) is 31.6. The van der Waals surface area contributed by atoms with E-state index in [1.165, 1.54) is 30.3 Å². The Hall–Kier alpha value is -3.65. The van der Waals surface area contributed by atoms with Crippen molar-refractivity contribution < 1.29 is 14.1 Å². The van der Waals surface area contributed by atoms with Gasteiger partial charge in [-0.2, -0.15) is 0 Å². The van der Waals surface area contributed by atoms with E-state index in [1.54, 1.807) is 12.1 Å². The molecule has 3 aromatic rings. The number of nitro benzene ring substituents is 1.